The highest BCUT2D eigenvalue weighted by Gasteiger charge is 2.33. The Morgan fingerprint density at radius 1 is 1.12 bits per heavy atom. The van der Waals surface area contributed by atoms with Crippen LogP contribution in [0.3, 0.4) is 0 Å². The molecule has 0 radical (unpaired) electrons. The molecule has 0 spiro atoms. The predicted molar refractivity (Wildman–Crippen MR) is 98.1 cm³/mol. The van der Waals surface area contributed by atoms with E-state index in [0.29, 0.717) is 19.4 Å². The summed E-state index contributed by atoms with van der Waals surface area (Å²) in [5.41, 5.74) is 1.30. The van der Waals surface area contributed by atoms with Crippen LogP contribution < -0.4 is 0 Å². The smallest absolute Gasteiger partial charge is 0.227 e. The van der Waals surface area contributed by atoms with Crippen molar-refractivity contribution in [2.45, 2.75) is 25.7 Å². The van der Waals surface area contributed by atoms with Gasteiger partial charge in [0.15, 0.2) is 0 Å². The number of aryl methyl sites for hydroxylation is 1. The molecule has 136 valence electrons. The van der Waals surface area contributed by atoms with Gasteiger partial charge in [-0.05, 0) is 31.9 Å². The van der Waals surface area contributed by atoms with Crippen LogP contribution in [-0.4, -0.2) is 72.8 Å². The molecule has 0 bridgehead atoms. The Morgan fingerprint density at radius 2 is 1.84 bits per heavy atom. The Morgan fingerprint density at radius 3 is 2.56 bits per heavy atom. The number of nitrogens with zero attached hydrogens (tertiary/aromatic N) is 3. The number of carbonyl (C=O) groups excluding carboxylic acids is 2. The van der Waals surface area contributed by atoms with E-state index < -0.39 is 0 Å². The highest BCUT2D eigenvalue weighted by atomic mass is 16.2. The number of likely N-dealkylation sites (tertiary alicyclic amines) is 1. The van der Waals surface area contributed by atoms with Crippen molar-refractivity contribution in [2.75, 3.05) is 46.3 Å². The zero-order valence-corrected chi connectivity index (χ0v) is 15.2. The average molecular weight is 343 g/mol. The molecule has 25 heavy (non-hydrogen) atoms. The highest BCUT2D eigenvalue weighted by molar-refractivity contribution is 5.84. The van der Waals surface area contributed by atoms with Gasteiger partial charge < -0.3 is 14.7 Å². The number of rotatable bonds is 5. The van der Waals surface area contributed by atoms with E-state index in [4.69, 9.17) is 0 Å². The Balaban J connectivity index is 1.49. The molecule has 1 aromatic rings. The van der Waals surface area contributed by atoms with Crippen LogP contribution in [0.25, 0.3) is 0 Å². The third-order valence-corrected chi connectivity index (χ3v) is 5.40. The van der Waals surface area contributed by atoms with Crippen molar-refractivity contribution in [3.05, 3.63) is 35.9 Å². The fourth-order valence-corrected chi connectivity index (χ4v) is 3.74. The van der Waals surface area contributed by atoms with Gasteiger partial charge in [0.1, 0.15) is 0 Å². The Kier molecular flexibility index (Phi) is 6.08. The van der Waals surface area contributed by atoms with Crippen molar-refractivity contribution >= 4 is 11.8 Å². The zero-order chi connectivity index (χ0) is 17.6. The van der Waals surface area contributed by atoms with Crippen molar-refractivity contribution in [3.8, 4) is 0 Å². The van der Waals surface area contributed by atoms with Crippen LogP contribution in [0.15, 0.2) is 30.3 Å². The summed E-state index contributed by atoms with van der Waals surface area (Å²) in [6.45, 7) is 4.86. The van der Waals surface area contributed by atoms with Gasteiger partial charge in [-0.25, -0.2) is 0 Å². The fraction of sp³-hybridized carbons (Fsp3) is 0.600. The van der Waals surface area contributed by atoms with Gasteiger partial charge >= 0.3 is 0 Å². The van der Waals surface area contributed by atoms with Gasteiger partial charge in [-0.15, -0.1) is 0 Å². The van der Waals surface area contributed by atoms with Crippen molar-refractivity contribution in [1.29, 1.82) is 0 Å². The second-order valence-corrected chi connectivity index (χ2v) is 7.29. The molecule has 2 fully saturated rings. The van der Waals surface area contributed by atoms with Gasteiger partial charge in [-0.1, -0.05) is 30.3 Å². The minimum absolute atomic E-state index is 0.0159. The number of piperidine rings is 1. The Hall–Kier alpha value is -1.88. The summed E-state index contributed by atoms with van der Waals surface area (Å²) < 4.78 is 0. The summed E-state index contributed by atoms with van der Waals surface area (Å²) in [4.78, 5) is 31.1. The van der Waals surface area contributed by atoms with Gasteiger partial charge in [0.2, 0.25) is 11.8 Å². The van der Waals surface area contributed by atoms with E-state index in [-0.39, 0.29) is 17.7 Å². The van der Waals surface area contributed by atoms with Gasteiger partial charge in [0.25, 0.3) is 0 Å². The van der Waals surface area contributed by atoms with Gasteiger partial charge in [-0.2, -0.15) is 0 Å². The molecule has 1 unspecified atom stereocenters. The van der Waals surface area contributed by atoms with E-state index >= 15 is 0 Å². The normalized spacial score (nSPS) is 22.3. The third kappa shape index (κ3) is 4.82. The number of carbonyl (C=O) groups is 2. The van der Waals surface area contributed by atoms with Crippen molar-refractivity contribution < 1.29 is 9.59 Å². The number of likely N-dealkylation sites (N-methyl/N-ethyl adjacent to an activating group) is 1. The van der Waals surface area contributed by atoms with Crippen LogP contribution in [-0.2, 0) is 16.0 Å². The first-order valence-corrected chi connectivity index (χ1v) is 9.42. The van der Waals surface area contributed by atoms with Crippen LogP contribution in [0.1, 0.15) is 24.8 Å². The Labute approximate surface area is 150 Å². The molecule has 0 aromatic heterocycles. The monoisotopic (exact) mass is 343 g/mol. The molecule has 2 aliphatic rings. The van der Waals surface area contributed by atoms with Crippen molar-refractivity contribution in [2.24, 2.45) is 5.92 Å². The molecule has 0 aliphatic carbocycles. The lowest BCUT2D eigenvalue weighted by Gasteiger charge is -2.38. The maximum atomic E-state index is 12.8. The molecule has 1 aromatic carbocycles. The molecule has 1 atom stereocenters. The Bertz CT molecular complexity index is 582. The summed E-state index contributed by atoms with van der Waals surface area (Å²) in [5, 5.41) is 0. The molecule has 2 amide bonds. The van der Waals surface area contributed by atoms with E-state index in [9.17, 15) is 9.59 Å². The van der Waals surface area contributed by atoms with Crippen molar-refractivity contribution in [3.63, 3.8) is 0 Å². The largest absolute Gasteiger partial charge is 0.342 e. The second-order valence-electron chi connectivity index (χ2n) is 7.29. The minimum atomic E-state index is -0.0159. The molecule has 5 nitrogen and oxygen atoms in total. The van der Waals surface area contributed by atoms with Crippen LogP contribution >= 0.6 is 0 Å². The maximum Gasteiger partial charge on any atom is 0.227 e. The van der Waals surface area contributed by atoms with E-state index in [2.05, 4.69) is 24.1 Å². The summed E-state index contributed by atoms with van der Waals surface area (Å²) in [5.74, 6) is 0.432. The summed E-state index contributed by atoms with van der Waals surface area (Å²) in [6.07, 6.45) is 3.14. The molecule has 0 N–H and O–H groups in total. The lowest BCUT2D eigenvalue weighted by Crippen LogP contribution is -2.52. The van der Waals surface area contributed by atoms with Gasteiger partial charge in [0.05, 0.1) is 5.92 Å². The average Bonchev–Trinajstić information content (AvgIpc) is 2.64. The van der Waals surface area contributed by atoms with Gasteiger partial charge in [0, 0.05) is 45.7 Å². The number of piperazine rings is 1. The molecular weight excluding hydrogens is 314 g/mol. The molecule has 2 aliphatic heterocycles. The second kappa shape index (κ2) is 8.48. The number of amides is 2. The van der Waals surface area contributed by atoms with E-state index in [0.717, 1.165) is 45.6 Å². The third-order valence-electron chi connectivity index (χ3n) is 5.40. The van der Waals surface area contributed by atoms with Gasteiger partial charge in [-0.3, -0.25) is 9.59 Å². The summed E-state index contributed by atoms with van der Waals surface area (Å²) in [7, 11) is 2.09. The quantitative estimate of drug-likeness (QED) is 0.816. The van der Waals surface area contributed by atoms with Crippen LogP contribution in [0, 0.1) is 5.92 Å². The molecule has 0 saturated carbocycles. The van der Waals surface area contributed by atoms with E-state index in [1.807, 2.05) is 28.0 Å². The van der Waals surface area contributed by atoms with E-state index in [1.165, 1.54) is 5.56 Å². The topological polar surface area (TPSA) is 43.9 Å². The van der Waals surface area contributed by atoms with Crippen LogP contribution in [0.2, 0.25) is 0 Å². The van der Waals surface area contributed by atoms with Crippen LogP contribution in [0.4, 0.5) is 0 Å². The lowest BCUT2D eigenvalue weighted by molar-refractivity contribution is -0.144. The SMILES string of the molecule is CN1CCN(C(=O)C2CCC(=O)N(CCCc3ccccc3)C2)CC1. The lowest BCUT2D eigenvalue weighted by atomic mass is 9.95. The zero-order valence-electron chi connectivity index (χ0n) is 15.2. The summed E-state index contributed by atoms with van der Waals surface area (Å²) in [6, 6.07) is 10.4. The molecule has 5 heteroatoms. The number of hydrogen-bond acceptors (Lipinski definition) is 3. The molecule has 2 heterocycles. The molecular formula is C20H29N3O2. The molecule has 3 rings (SSSR count). The first kappa shape index (κ1) is 17.9. The first-order chi connectivity index (χ1) is 12.1. The molecule has 2 saturated heterocycles. The summed E-state index contributed by atoms with van der Waals surface area (Å²) >= 11 is 0. The predicted octanol–water partition coefficient (Wildman–Crippen LogP) is 1.63. The van der Waals surface area contributed by atoms with Crippen molar-refractivity contribution in [1.82, 2.24) is 14.7 Å². The number of hydrogen-bond donors (Lipinski definition) is 0. The minimum Gasteiger partial charge on any atom is -0.342 e. The maximum absolute atomic E-state index is 12.8. The van der Waals surface area contributed by atoms with Crippen LogP contribution in [0.5, 0.6) is 0 Å². The highest BCUT2D eigenvalue weighted by Crippen LogP contribution is 2.21. The fourth-order valence-electron chi connectivity index (χ4n) is 3.74. The van der Waals surface area contributed by atoms with E-state index in [1.54, 1.807) is 0 Å². The number of benzene rings is 1. The standard InChI is InChI=1S/C20H29N3O2/c1-21-12-14-22(15-13-21)20(25)18-9-10-19(24)23(16-18)11-5-8-17-6-3-2-4-7-17/h2-4,6-7,18H,5,8-16H2,1H3. The first-order valence-electron chi connectivity index (χ1n) is 9.42.